The Labute approximate surface area is 68.8 Å². The maximum atomic E-state index is 9.63. The van der Waals surface area contributed by atoms with Gasteiger partial charge in [-0.3, -0.25) is 0 Å². The molecule has 0 heterocycles. The van der Waals surface area contributed by atoms with Gasteiger partial charge in [0.15, 0.2) is 0 Å². The van der Waals surface area contributed by atoms with Gasteiger partial charge in [-0.2, -0.15) is 0 Å². The molecular weight excluding hydrogens is 138 g/mol. The fraction of sp³-hybridized carbons (Fsp3) is 0.778. The van der Waals surface area contributed by atoms with Gasteiger partial charge in [0.25, 0.3) is 0 Å². The lowest BCUT2D eigenvalue weighted by Crippen LogP contribution is -2.43. The van der Waals surface area contributed by atoms with Crippen LogP contribution in [-0.2, 0) is 0 Å². The van der Waals surface area contributed by atoms with Crippen LogP contribution in [0.2, 0.25) is 0 Å². The second kappa shape index (κ2) is 4.38. The molecule has 0 bridgehead atoms. The minimum Gasteiger partial charge on any atom is -0.389 e. The van der Waals surface area contributed by atoms with Gasteiger partial charge >= 0.3 is 0 Å². The van der Waals surface area contributed by atoms with Crippen molar-refractivity contribution in [2.24, 2.45) is 5.73 Å². The molecule has 0 fully saturated rings. The number of hydrogen-bond donors (Lipinski definition) is 2. The van der Waals surface area contributed by atoms with Crippen LogP contribution in [-0.4, -0.2) is 16.7 Å². The summed E-state index contributed by atoms with van der Waals surface area (Å²) in [4.78, 5) is 0. The van der Waals surface area contributed by atoms with E-state index in [0.717, 1.165) is 0 Å². The van der Waals surface area contributed by atoms with E-state index in [1.807, 2.05) is 0 Å². The predicted molar refractivity (Wildman–Crippen MR) is 47.0 cm³/mol. The van der Waals surface area contributed by atoms with Gasteiger partial charge in [-0.1, -0.05) is 0 Å². The Morgan fingerprint density at radius 2 is 2.18 bits per heavy atom. The van der Waals surface area contributed by atoms with Crippen LogP contribution in [0.1, 0.15) is 33.6 Å². The Balaban J connectivity index is 3.79. The van der Waals surface area contributed by atoms with Crippen LogP contribution in [0.3, 0.4) is 0 Å². The van der Waals surface area contributed by atoms with E-state index >= 15 is 0 Å². The van der Waals surface area contributed by atoms with Crippen molar-refractivity contribution < 1.29 is 5.11 Å². The zero-order chi connectivity index (χ0) is 8.91. The van der Waals surface area contributed by atoms with Crippen molar-refractivity contribution in [2.45, 2.75) is 45.3 Å². The zero-order valence-corrected chi connectivity index (χ0v) is 7.52. The van der Waals surface area contributed by atoms with E-state index in [2.05, 4.69) is 11.8 Å². The molecule has 0 saturated carbocycles. The Morgan fingerprint density at radius 3 is 2.55 bits per heavy atom. The topological polar surface area (TPSA) is 46.2 Å². The van der Waals surface area contributed by atoms with Gasteiger partial charge in [-0.15, -0.1) is 11.8 Å². The molecule has 3 N–H and O–H groups in total. The van der Waals surface area contributed by atoms with E-state index in [0.29, 0.717) is 12.8 Å². The second-order valence-corrected chi connectivity index (χ2v) is 3.07. The van der Waals surface area contributed by atoms with E-state index in [-0.39, 0.29) is 6.04 Å². The minimum absolute atomic E-state index is 0.193. The Hall–Kier alpha value is -0.520. The van der Waals surface area contributed by atoms with Crippen molar-refractivity contribution in [3.63, 3.8) is 0 Å². The SMILES string of the molecule is CC#CCCC(C)(O)C(C)N. The second-order valence-electron chi connectivity index (χ2n) is 3.07. The summed E-state index contributed by atoms with van der Waals surface area (Å²) in [6, 6.07) is -0.193. The van der Waals surface area contributed by atoms with Crippen molar-refractivity contribution in [1.82, 2.24) is 0 Å². The number of aliphatic hydroxyl groups is 1. The number of rotatable bonds is 3. The van der Waals surface area contributed by atoms with Crippen molar-refractivity contribution in [3.8, 4) is 11.8 Å². The third kappa shape index (κ3) is 4.02. The highest BCUT2D eigenvalue weighted by Gasteiger charge is 2.23. The lowest BCUT2D eigenvalue weighted by atomic mass is 9.93. The fourth-order valence-corrected chi connectivity index (χ4v) is 0.668. The largest absolute Gasteiger partial charge is 0.389 e. The van der Waals surface area contributed by atoms with Crippen LogP contribution in [0.4, 0.5) is 0 Å². The summed E-state index contributed by atoms with van der Waals surface area (Å²) in [5.74, 6) is 5.67. The standard InChI is InChI=1S/C9H17NO/c1-4-5-6-7-9(3,11)8(2)10/h8,11H,6-7,10H2,1-3H3. The summed E-state index contributed by atoms with van der Waals surface area (Å²) < 4.78 is 0. The summed E-state index contributed by atoms with van der Waals surface area (Å²) in [7, 11) is 0. The highest BCUT2D eigenvalue weighted by atomic mass is 16.3. The third-order valence-corrected chi connectivity index (χ3v) is 1.91. The molecule has 2 heteroatoms. The normalized spacial score (nSPS) is 17.9. The first-order valence-corrected chi connectivity index (χ1v) is 3.88. The Kier molecular flexibility index (Phi) is 4.17. The molecule has 0 aliphatic heterocycles. The van der Waals surface area contributed by atoms with E-state index in [4.69, 9.17) is 5.73 Å². The maximum absolute atomic E-state index is 9.63. The number of hydrogen-bond acceptors (Lipinski definition) is 2. The Bertz CT molecular complexity index is 162. The van der Waals surface area contributed by atoms with Crippen molar-refractivity contribution in [1.29, 1.82) is 0 Å². The van der Waals surface area contributed by atoms with E-state index in [1.165, 1.54) is 0 Å². The van der Waals surface area contributed by atoms with Crippen LogP contribution in [0.15, 0.2) is 0 Å². The molecule has 0 aliphatic rings. The lowest BCUT2D eigenvalue weighted by molar-refractivity contribution is 0.0314. The summed E-state index contributed by atoms with van der Waals surface area (Å²) in [5, 5.41) is 9.63. The van der Waals surface area contributed by atoms with Gasteiger partial charge in [-0.05, 0) is 27.2 Å². The molecule has 0 aromatic heterocycles. The highest BCUT2D eigenvalue weighted by molar-refractivity contribution is 4.97. The first kappa shape index (κ1) is 10.5. The maximum Gasteiger partial charge on any atom is 0.0776 e. The van der Waals surface area contributed by atoms with Crippen LogP contribution < -0.4 is 5.73 Å². The average molecular weight is 155 g/mol. The molecule has 0 rings (SSSR count). The summed E-state index contributed by atoms with van der Waals surface area (Å²) in [5.41, 5.74) is 4.78. The average Bonchev–Trinajstić information content (AvgIpc) is 1.88. The van der Waals surface area contributed by atoms with Crippen molar-refractivity contribution in [2.75, 3.05) is 0 Å². The molecule has 0 aromatic carbocycles. The van der Waals surface area contributed by atoms with Gasteiger partial charge in [0.2, 0.25) is 0 Å². The van der Waals surface area contributed by atoms with E-state index < -0.39 is 5.60 Å². The van der Waals surface area contributed by atoms with Crippen molar-refractivity contribution >= 4 is 0 Å². The molecular formula is C9H17NO. The molecule has 0 radical (unpaired) electrons. The molecule has 11 heavy (non-hydrogen) atoms. The summed E-state index contributed by atoms with van der Waals surface area (Å²) in [6.45, 7) is 5.34. The van der Waals surface area contributed by atoms with E-state index in [9.17, 15) is 5.11 Å². The molecule has 2 nitrogen and oxygen atoms in total. The van der Waals surface area contributed by atoms with Crippen LogP contribution in [0.5, 0.6) is 0 Å². The van der Waals surface area contributed by atoms with Gasteiger partial charge in [0.05, 0.1) is 5.60 Å². The quantitative estimate of drug-likeness (QED) is 0.594. The van der Waals surface area contributed by atoms with Gasteiger partial charge < -0.3 is 10.8 Å². The first-order valence-electron chi connectivity index (χ1n) is 3.88. The zero-order valence-electron chi connectivity index (χ0n) is 7.52. The smallest absolute Gasteiger partial charge is 0.0776 e. The number of nitrogens with two attached hydrogens (primary N) is 1. The summed E-state index contributed by atoms with van der Waals surface area (Å²) in [6.07, 6.45) is 1.36. The third-order valence-electron chi connectivity index (χ3n) is 1.91. The molecule has 0 spiro atoms. The van der Waals surface area contributed by atoms with Crippen LogP contribution >= 0.6 is 0 Å². The fourth-order valence-electron chi connectivity index (χ4n) is 0.668. The van der Waals surface area contributed by atoms with Crippen molar-refractivity contribution in [3.05, 3.63) is 0 Å². The lowest BCUT2D eigenvalue weighted by Gasteiger charge is -2.26. The van der Waals surface area contributed by atoms with Crippen LogP contribution in [0.25, 0.3) is 0 Å². The van der Waals surface area contributed by atoms with Gasteiger partial charge in [0.1, 0.15) is 0 Å². The monoisotopic (exact) mass is 155 g/mol. The first-order chi connectivity index (χ1) is 5.00. The molecule has 0 saturated heterocycles. The predicted octanol–water partition coefficient (Wildman–Crippen LogP) is 0.888. The molecule has 0 amide bonds. The molecule has 2 unspecified atom stereocenters. The summed E-state index contributed by atoms with van der Waals surface area (Å²) >= 11 is 0. The van der Waals surface area contributed by atoms with Gasteiger partial charge in [-0.25, -0.2) is 0 Å². The highest BCUT2D eigenvalue weighted by Crippen LogP contribution is 2.14. The molecule has 64 valence electrons. The Morgan fingerprint density at radius 1 is 1.64 bits per heavy atom. The molecule has 2 atom stereocenters. The minimum atomic E-state index is -0.774. The van der Waals surface area contributed by atoms with Crippen LogP contribution in [0, 0.1) is 11.8 Å². The molecule has 0 aromatic rings. The van der Waals surface area contributed by atoms with E-state index in [1.54, 1.807) is 20.8 Å². The molecule has 0 aliphatic carbocycles. The van der Waals surface area contributed by atoms with Gasteiger partial charge in [0, 0.05) is 12.5 Å².